The maximum atomic E-state index is 10.2. The second-order valence-corrected chi connectivity index (χ2v) is 6.91. The lowest BCUT2D eigenvalue weighted by Crippen LogP contribution is -2.53. The van der Waals surface area contributed by atoms with Crippen LogP contribution in [0.1, 0.15) is 6.42 Å². The van der Waals surface area contributed by atoms with Gasteiger partial charge in [0.15, 0.2) is 0 Å². The number of nitrogens with zero attached hydrogens (tertiary/aromatic N) is 2. The molecule has 2 aliphatic rings. The van der Waals surface area contributed by atoms with Gasteiger partial charge in [0.25, 0.3) is 0 Å². The van der Waals surface area contributed by atoms with Crippen LogP contribution >= 0.6 is 0 Å². The first kappa shape index (κ1) is 16.9. The molecule has 5 heteroatoms. The molecule has 2 aromatic carbocycles. The van der Waals surface area contributed by atoms with Crippen molar-refractivity contribution in [2.75, 3.05) is 36.0 Å². The summed E-state index contributed by atoms with van der Waals surface area (Å²) in [6.07, 6.45) is 2.52. The van der Waals surface area contributed by atoms with Gasteiger partial charge in [-0.05, 0) is 36.3 Å². The van der Waals surface area contributed by atoms with E-state index in [0.717, 1.165) is 43.9 Å². The fourth-order valence-corrected chi connectivity index (χ4v) is 3.86. The van der Waals surface area contributed by atoms with Crippen molar-refractivity contribution >= 4 is 11.4 Å². The summed E-state index contributed by atoms with van der Waals surface area (Å²) in [5.74, 6) is 0.280. The van der Waals surface area contributed by atoms with Crippen LogP contribution in [0.25, 0.3) is 0 Å². The van der Waals surface area contributed by atoms with Crippen LogP contribution in [-0.4, -0.2) is 48.7 Å². The van der Waals surface area contributed by atoms with E-state index in [1.807, 2.05) is 24.3 Å². The van der Waals surface area contributed by atoms with Gasteiger partial charge < -0.3 is 20.0 Å². The summed E-state index contributed by atoms with van der Waals surface area (Å²) in [7, 11) is 0. The van der Waals surface area contributed by atoms with Crippen molar-refractivity contribution in [1.82, 2.24) is 5.32 Å². The molecule has 3 N–H and O–H groups in total. The Morgan fingerprint density at radius 1 is 1.00 bits per heavy atom. The summed E-state index contributed by atoms with van der Waals surface area (Å²) in [5.41, 5.74) is 3.28. The van der Waals surface area contributed by atoms with Crippen LogP contribution in [-0.2, 0) is 0 Å². The third kappa shape index (κ3) is 3.54. The molecule has 5 nitrogen and oxygen atoms in total. The van der Waals surface area contributed by atoms with Crippen molar-refractivity contribution in [3.8, 4) is 5.75 Å². The van der Waals surface area contributed by atoms with E-state index in [1.54, 1.807) is 6.07 Å². The quantitative estimate of drug-likeness (QED) is 0.741. The number of aliphatic hydroxyl groups excluding tert-OH is 1. The van der Waals surface area contributed by atoms with E-state index in [0.29, 0.717) is 0 Å². The van der Waals surface area contributed by atoms with Gasteiger partial charge in [-0.1, -0.05) is 30.3 Å². The lowest BCUT2D eigenvalue weighted by Gasteiger charge is -2.43. The molecule has 2 unspecified atom stereocenters. The van der Waals surface area contributed by atoms with E-state index < -0.39 is 6.23 Å². The molecule has 0 saturated carbocycles. The average molecular weight is 351 g/mol. The normalized spacial score (nSPS) is 25.0. The SMILES string of the molecule is Oc1cccc(N2CCN(c3ccccc3)CC2/C=C2/CCNC2O)c1. The second-order valence-electron chi connectivity index (χ2n) is 6.91. The molecule has 2 aromatic rings. The number of anilines is 2. The molecular formula is C21H25N3O2. The highest BCUT2D eigenvalue weighted by atomic mass is 16.3. The van der Waals surface area contributed by atoms with Crippen LogP contribution < -0.4 is 15.1 Å². The minimum absolute atomic E-state index is 0.135. The van der Waals surface area contributed by atoms with Crippen molar-refractivity contribution < 1.29 is 10.2 Å². The number of phenols is 1. The predicted molar refractivity (Wildman–Crippen MR) is 105 cm³/mol. The maximum Gasteiger partial charge on any atom is 0.127 e. The van der Waals surface area contributed by atoms with Gasteiger partial charge in [-0.25, -0.2) is 0 Å². The Bertz CT molecular complexity index is 778. The first-order chi connectivity index (χ1) is 12.7. The number of rotatable bonds is 3. The number of hydrogen-bond acceptors (Lipinski definition) is 5. The highest BCUT2D eigenvalue weighted by Crippen LogP contribution is 2.28. The van der Waals surface area contributed by atoms with Gasteiger partial charge >= 0.3 is 0 Å². The van der Waals surface area contributed by atoms with Crippen molar-refractivity contribution in [2.45, 2.75) is 18.7 Å². The fourth-order valence-electron chi connectivity index (χ4n) is 3.86. The third-order valence-electron chi connectivity index (χ3n) is 5.21. The molecule has 2 heterocycles. The number of aliphatic hydroxyl groups is 1. The van der Waals surface area contributed by atoms with E-state index >= 15 is 0 Å². The predicted octanol–water partition coefficient (Wildman–Crippen LogP) is 2.33. The molecule has 0 radical (unpaired) electrons. The summed E-state index contributed by atoms with van der Waals surface area (Å²) in [6, 6.07) is 18.0. The largest absolute Gasteiger partial charge is 0.508 e. The summed E-state index contributed by atoms with van der Waals surface area (Å²) < 4.78 is 0. The third-order valence-corrected chi connectivity index (χ3v) is 5.21. The molecule has 0 aliphatic carbocycles. The molecule has 0 amide bonds. The second kappa shape index (κ2) is 7.40. The van der Waals surface area contributed by atoms with Crippen LogP contribution in [0, 0.1) is 0 Å². The molecule has 26 heavy (non-hydrogen) atoms. The Balaban J connectivity index is 1.63. The van der Waals surface area contributed by atoms with Gasteiger partial charge in [0.05, 0.1) is 6.04 Å². The monoisotopic (exact) mass is 351 g/mol. The van der Waals surface area contributed by atoms with Crippen LogP contribution in [0.5, 0.6) is 5.75 Å². The number of hydrogen-bond donors (Lipinski definition) is 3. The Hall–Kier alpha value is -2.50. The van der Waals surface area contributed by atoms with Crippen LogP contribution in [0.3, 0.4) is 0 Å². The Kier molecular flexibility index (Phi) is 4.82. The van der Waals surface area contributed by atoms with Crippen molar-refractivity contribution in [2.24, 2.45) is 0 Å². The molecular weight excluding hydrogens is 326 g/mol. The molecule has 0 aromatic heterocycles. The average Bonchev–Trinajstić information content (AvgIpc) is 3.07. The number of nitrogens with one attached hydrogen (secondary N) is 1. The Morgan fingerprint density at radius 3 is 2.54 bits per heavy atom. The summed E-state index contributed by atoms with van der Waals surface area (Å²) >= 11 is 0. The lowest BCUT2D eigenvalue weighted by molar-refractivity contribution is 0.194. The fraction of sp³-hybridized carbons (Fsp3) is 0.333. The molecule has 2 atom stereocenters. The van der Waals surface area contributed by atoms with Crippen LogP contribution in [0.4, 0.5) is 11.4 Å². The molecule has 4 rings (SSSR count). The van der Waals surface area contributed by atoms with Gasteiger partial charge in [0.2, 0.25) is 0 Å². The maximum absolute atomic E-state index is 10.2. The zero-order chi connectivity index (χ0) is 17.9. The van der Waals surface area contributed by atoms with E-state index in [4.69, 9.17) is 0 Å². The lowest BCUT2D eigenvalue weighted by atomic mass is 10.0. The number of para-hydroxylation sites is 1. The summed E-state index contributed by atoms with van der Waals surface area (Å²) in [5, 5.41) is 23.1. The summed E-state index contributed by atoms with van der Waals surface area (Å²) in [4.78, 5) is 4.70. The van der Waals surface area contributed by atoms with Crippen LogP contribution in [0.15, 0.2) is 66.2 Å². The van der Waals surface area contributed by atoms with E-state index in [9.17, 15) is 10.2 Å². The Morgan fingerprint density at radius 2 is 1.81 bits per heavy atom. The topological polar surface area (TPSA) is 59.0 Å². The first-order valence-corrected chi connectivity index (χ1v) is 9.18. The van der Waals surface area contributed by atoms with Gasteiger partial charge in [0.1, 0.15) is 12.0 Å². The van der Waals surface area contributed by atoms with E-state index in [-0.39, 0.29) is 11.8 Å². The van der Waals surface area contributed by atoms with Gasteiger partial charge in [0, 0.05) is 43.6 Å². The van der Waals surface area contributed by atoms with Crippen molar-refractivity contribution in [1.29, 1.82) is 0 Å². The zero-order valence-corrected chi connectivity index (χ0v) is 14.8. The molecule has 136 valence electrons. The van der Waals surface area contributed by atoms with Gasteiger partial charge in [-0.2, -0.15) is 0 Å². The molecule has 0 spiro atoms. The number of aromatic hydroxyl groups is 1. The number of benzene rings is 2. The smallest absolute Gasteiger partial charge is 0.127 e. The standard InChI is InChI=1S/C21H25N3O2/c25-20-8-4-7-18(14-20)24-12-11-23(17-5-2-1-3-6-17)15-19(24)13-16-9-10-22-21(16)26/h1-8,13-14,19,21-22,25-26H,9-12,15H2/b16-13-. The molecule has 2 aliphatic heterocycles. The van der Waals surface area contributed by atoms with Crippen molar-refractivity contribution in [3.63, 3.8) is 0 Å². The number of piperazine rings is 1. The highest BCUT2D eigenvalue weighted by Gasteiger charge is 2.28. The van der Waals surface area contributed by atoms with Crippen LogP contribution in [0.2, 0.25) is 0 Å². The van der Waals surface area contributed by atoms with E-state index in [1.165, 1.54) is 5.69 Å². The van der Waals surface area contributed by atoms with E-state index in [2.05, 4.69) is 45.5 Å². The molecule has 2 fully saturated rings. The minimum Gasteiger partial charge on any atom is -0.508 e. The molecule has 0 bridgehead atoms. The highest BCUT2D eigenvalue weighted by molar-refractivity contribution is 5.56. The zero-order valence-electron chi connectivity index (χ0n) is 14.8. The molecule has 2 saturated heterocycles. The van der Waals surface area contributed by atoms with Crippen molar-refractivity contribution in [3.05, 3.63) is 66.2 Å². The number of phenolic OH excluding ortho intramolecular Hbond substituents is 1. The minimum atomic E-state index is -0.548. The summed E-state index contributed by atoms with van der Waals surface area (Å²) in [6.45, 7) is 3.43. The van der Waals surface area contributed by atoms with Gasteiger partial charge in [-0.15, -0.1) is 0 Å². The van der Waals surface area contributed by atoms with Gasteiger partial charge in [-0.3, -0.25) is 5.32 Å². The first-order valence-electron chi connectivity index (χ1n) is 9.18. The Labute approximate surface area is 154 Å².